The van der Waals surface area contributed by atoms with Crippen LogP contribution in [0.3, 0.4) is 0 Å². The number of unbranched alkanes of at least 4 members (excludes halogenated alkanes) is 1. The second-order valence-electron chi connectivity index (χ2n) is 5.86. The zero-order valence-corrected chi connectivity index (χ0v) is 12.8. The van der Waals surface area contributed by atoms with E-state index in [0.29, 0.717) is 13.0 Å². The molecule has 0 aromatic rings. The lowest BCUT2D eigenvalue weighted by molar-refractivity contribution is -0.149. The molecule has 0 aliphatic heterocycles. The second-order valence-corrected chi connectivity index (χ2v) is 5.86. The van der Waals surface area contributed by atoms with Gasteiger partial charge in [0.2, 0.25) is 0 Å². The first-order valence-corrected chi connectivity index (χ1v) is 7.71. The highest BCUT2D eigenvalue weighted by Gasteiger charge is 2.30. The van der Waals surface area contributed by atoms with Crippen LogP contribution in [0.15, 0.2) is 0 Å². The molecule has 19 heavy (non-hydrogen) atoms. The van der Waals surface area contributed by atoms with Crippen LogP contribution >= 0.6 is 0 Å². The van der Waals surface area contributed by atoms with Crippen LogP contribution in [-0.2, 0) is 9.53 Å². The van der Waals surface area contributed by atoms with Gasteiger partial charge in [0.1, 0.15) is 5.54 Å². The van der Waals surface area contributed by atoms with Crippen LogP contribution in [0.4, 0.5) is 0 Å². The Bertz CT molecular complexity index is 275. The molecule has 0 amide bonds. The highest BCUT2D eigenvalue weighted by Crippen LogP contribution is 2.27. The van der Waals surface area contributed by atoms with Gasteiger partial charge in [-0.05, 0) is 65.5 Å². The van der Waals surface area contributed by atoms with E-state index in [0.717, 1.165) is 25.4 Å². The van der Waals surface area contributed by atoms with Gasteiger partial charge in [-0.15, -0.1) is 0 Å². The van der Waals surface area contributed by atoms with E-state index in [2.05, 4.69) is 11.8 Å². The second kappa shape index (κ2) is 7.85. The number of nitrogens with zero attached hydrogens (tertiary/aromatic N) is 1. The van der Waals surface area contributed by atoms with Gasteiger partial charge in [0.25, 0.3) is 0 Å². The van der Waals surface area contributed by atoms with Crippen LogP contribution in [0.1, 0.15) is 59.3 Å². The number of ether oxygens (including phenoxy) is 1. The van der Waals surface area contributed by atoms with Crippen LogP contribution in [-0.4, -0.2) is 42.1 Å². The number of carbonyl (C=O) groups excluding carboxylic acids is 1. The predicted octanol–water partition coefficient (Wildman–Crippen LogP) is 2.31. The van der Waals surface area contributed by atoms with Crippen LogP contribution < -0.4 is 5.73 Å². The van der Waals surface area contributed by atoms with Crippen molar-refractivity contribution in [3.63, 3.8) is 0 Å². The van der Waals surface area contributed by atoms with Crippen molar-refractivity contribution < 1.29 is 9.53 Å². The maximum Gasteiger partial charge on any atom is 0.325 e. The summed E-state index contributed by atoms with van der Waals surface area (Å²) in [4.78, 5) is 14.2. The van der Waals surface area contributed by atoms with E-state index >= 15 is 0 Å². The first kappa shape index (κ1) is 16.4. The van der Waals surface area contributed by atoms with Gasteiger partial charge in [0.15, 0.2) is 0 Å². The monoisotopic (exact) mass is 270 g/mol. The summed E-state index contributed by atoms with van der Waals surface area (Å²) in [6, 6.07) is 0.828. The minimum atomic E-state index is -0.828. The zero-order valence-electron chi connectivity index (χ0n) is 12.8. The molecule has 0 spiro atoms. The zero-order chi connectivity index (χ0) is 14.3. The summed E-state index contributed by atoms with van der Waals surface area (Å²) in [6.45, 7) is 8.55. The molecule has 1 aliphatic carbocycles. The molecule has 112 valence electrons. The van der Waals surface area contributed by atoms with Crippen molar-refractivity contribution in [2.45, 2.75) is 70.9 Å². The van der Waals surface area contributed by atoms with Crippen LogP contribution in [0.25, 0.3) is 0 Å². The summed E-state index contributed by atoms with van der Waals surface area (Å²) < 4.78 is 5.00. The van der Waals surface area contributed by atoms with E-state index in [1.165, 1.54) is 25.8 Å². The molecule has 4 heteroatoms. The molecule has 1 aliphatic rings. The van der Waals surface area contributed by atoms with Crippen molar-refractivity contribution >= 4 is 5.97 Å². The highest BCUT2D eigenvalue weighted by molar-refractivity contribution is 5.79. The molecule has 1 atom stereocenters. The number of hydrogen-bond donors (Lipinski definition) is 1. The Hall–Kier alpha value is -0.610. The molecule has 0 bridgehead atoms. The third-order valence-corrected chi connectivity index (χ3v) is 3.71. The number of nitrogens with two attached hydrogens (primary N) is 1. The Labute approximate surface area is 117 Å². The SMILES string of the molecule is CCCN(CCCCC(C)(N)C(=O)OCC)C1CC1. The first-order chi connectivity index (χ1) is 9.01. The summed E-state index contributed by atoms with van der Waals surface area (Å²) in [5, 5.41) is 0. The summed E-state index contributed by atoms with van der Waals surface area (Å²) in [5.74, 6) is -0.275. The summed E-state index contributed by atoms with van der Waals surface area (Å²) in [7, 11) is 0. The molecule has 1 unspecified atom stereocenters. The minimum Gasteiger partial charge on any atom is -0.465 e. The Morgan fingerprint density at radius 3 is 2.53 bits per heavy atom. The number of esters is 1. The smallest absolute Gasteiger partial charge is 0.325 e. The maximum absolute atomic E-state index is 11.7. The fourth-order valence-electron chi connectivity index (χ4n) is 2.41. The van der Waals surface area contributed by atoms with E-state index in [9.17, 15) is 4.79 Å². The maximum atomic E-state index is 11.7. The van der Waals surface area contributed by atoms with Crippen LogP contribution in [0, 0.1) is 0 Å². The predicted molar refractivity (Wildman–Crippen MR) is 78.0 cm³/mol. The van der Waals surface area contributed by atoms with Crippen molar-refractivity contribution in [2.75, 3.05) is 19.7 Å². The lowest BCUT2D eigenvalue weighted by Gasteiger charge is -2.24. The van der Waals surface area contributed by atoms with Gasteiger partial charge in [-0.25, -0.2) is 0 Å². The molecular weight excluding hydrogens is 240 g/mol. The van der Waals surface area contributed by atoms with E-state index in [4.69, 9.17) is 10.5 Å². The topological polar surface area (TPSA) is 55.6 Å². The van der Waals surface area contributed by atoms with Gasteiger partial charge in [-0.1, -0.05) is 6.92 Å². The van der Waals surface area contributed by atoms with E-state index in [1.54, 1.807) is 6.92 Å². The Balaban J connectivity index is 2.19. The van der Waals surface area contributed by atoms with Crippen molar-refractivity contribution in [1.82, 2.24) is 4.90 Å². The van der Waals surface area contributed by atoms with E-state index in [1.807, 2.05) is 6.92 Å². The molecule has 4 nitrogen and oxygen atoms in total. The van der Waals surface area contributed by atoms with Crippen LogP contribution in [0.5, 0.6) is 0 Å². The number of hydrogen-bond acceptors (Lipinski definition) is 4. The Morgan fingerprint density at radius 1 is 1.32 bits per heavy atom. The molecule has 0 saturated heterocycles. The average molecular weight is 270 g/mol. The number of carbonyl (C=O) groups is 1. The molecule has 0 heterocycles. The van der Waals surface area contributed by atoms with Gasteiger partial charge >= 0.3 is 5.97 Å². The van der Waals surface area contributed by atoms with Gasteiger partial charge in [0.05, 0.1) is 6.61 Å². The van der Waals surface area contributed by atoms with Gasteiger partial charge < -0.3 is 15.4 Å². The van der Waals surface area contributed by atoms with E-state index < -0.39 is 5.54 Å². The molecule has 0 radical (unpaired) electrons. The summed E-state index contributed by atoms with van der Waals surface area (Å²) in [5.41, 5.74) is 5.18. The van der Waals surface area contributed by atoms with Gasteiger partial charge in [0, 0.05) is 6.04 Å². The largest absolute Gasteiger partial charge is 0.465 e. The van der Waals surface area contributed by atoms with Crippen molar-refractivity contribution in [2.24, 2.45) is 5.73 Å². The number of rotatable bonds is 10. The van der Waals surface area contributed by atoms with E-state index in [-0.39, 0.29) is 5.97 Å². The average Bonchev–Trinajstić information content (AvgIpc) is 3.17. The molecule has 0 aromatic heterocycles. The third kappa shape index (κ3) is 5.91. The quantitative estimate of drug-likeness (QED) is 0.489. The van der Waals surface area contributed by atoms with Crippen LogP contribution in [0.2, 0.25) is 0 Å². The fourth-order valence-corrected chi connectivity index (χ4v) is 2.41. The van der Waals surface area contributed by atoms with Gasteiger partial charge in [-0.3, -0.25) is 4.79 Å². The highest BCUT2D eigenvalue weighted by atomic mass is 16.5. The first-order valence-electron chi connectivity index (χ1n) is 7.71. The lowest BCUT2D eigenvalue weighted by atomic mass is 9.96. The molecule has 2 N–H and O–H groups in total. The Kier molecular flexibility index (Phi) is 6.80. The molecule has 1 saturated carbocycles. The van der Waals surface area contributed by atoms with Gasteiger partial charge in [-0.2, -0.15) is 0 Å². The third-order valence-electron chi connectivity index (χ3n) is 3.71. The van der Waals surface area contributed by atoms with Crippen molar-refractivity contribution in [3.05, 3.63) is 0 Å². The fraction of sp³-hybridized carbons (Fsp3) is 0.933. The molecule has 0 aromatic carbocycles. The lowest BCUT2D eigenvalue weighted by Crippen LogP contribution is -2.46. The van der Waals surface area contributed by atoms with Crippen molar-refractivity contribution in [3.8, 4) is 0 Å². The Morgan fingerprint density at radius 2 is 2.00 bits per heavy atom. The summed E-state index contributed by atoms with van der Waals surface area (Å²) >= 11 is 0. The van der Waals surface area contributed by atoms with Crippen molar-refractivity contribution in [1.29, 1.82) is 0 Å². The minimum absolute atomic E-state index is 0.275. The molecule has 1 fully saturated rings. The normalized spacial score (nSPS) is 18.4. The molecular formula is C15H30N2O2. The molecule has 1 rings (SSSR count). The summed E-state index contributed by atoms with van der Waals surface area (Å²) in [6.07, 6.45) is 6.74. The standard InChI is InChI=1S/C15H30N2O2/c1-4-11-17(13-8-9-13)12-7-6-10-15(3,16)14(18)19-5-2/h13H,4-12,16H2,1-3H3.